The van der Waals surface area contributed by atoms with Gasteiger partial charge in [0.25, 0.3) is 0 Å². The van der Waals surface area contributed by atoms with Gasteiger partial charge in [0.05, 0.1) is 26.1 Å². The van der Waals surface area contributed by atoms with Crippen LogP contribution in [0.4, 0.5) is 0 Å². The number of ether oxygens (including phenoxy) is 1. The van der Waals surface area contributed by atoms with E-state index in [0.717, 1.165) is 6.92 Å². The third kappa shape index (κ3) is 18.1. The molecule has 0 aliphatic carbocycles. The van der Waals surface area contributed by atoms with Crippen molar-refractivity contribution < 1.29 is 73.1 Å². The largest absolute Gasteiger partial charge is 0.496 e. The van der Waals surface area contributed by atoms with E-state index in [1.165, 1.54) is 21.0 Å². The van der Waals surface area contributed by atoms with Crippen LogP contribution in [0.5, 0.6) is 5.75 Å². The normalized spacial score (nSPS) is 14.6. The molecule has 7 amide bonds. The maximum absolute atomic E-state index is 13.7. The Balaban J connectivity index is 2.23. The minimum atomic E-state index is -1.88. The molecule has 0 saturated heterocycles. The van der Waals surface area contributed by atoms with E-state index >= 15 is 0 Å². The van der Waals surface area contributed by atoms with Gasteiger partial charge in [-0.15, -0.1) is 0 Å². The number of aliphatic hydroxyl groups excluding tert-OH is 1. The number of carboxylic acid groups (broad SMARTS) is 3. The van der Waals surface area contributed by atoms with Crippen molar-refractivity contribution in [2.24, 2.45) is 5.92 Å². The maximum atomic E-state index is 13.7. The van der Waals surface area contributed by atoms with Gasteiger partial charge in [0.2, 0.25) is 41.4 Å². The summed E-state index contributed by atoms with van der Waals surface area (Å²) in [5, 5.41) is 55.5. The zero-order chi connectivity index (χ0) is 48.3. The maximum Gasteiger partial charge on any atom is 0.326 e. The van der Waals surface area contributed by atoms with Gasteiger partial charge in [-0.1, -0.05) is 62.4 Å². The van der Waals surface area contributed by atoms with Crippen LogP contribution in [0.3, 0.4) is 0 Å². The molecule has 64 heavy (non-hydrogen) atoms. The van der Waals surface area contributed by atoms with Crippen LogP contribution in [0, 0.1) is 5.92 Å². The number of benzene rings is 2. The Morgan fingerprint density at radius 1 is 0.547 bits per heavy atom. The third-order valence-electron chi connectivity index (χ3n) is 9.39. The highest BCUT2D eigenvalue weighted by Gasteiger charge is 2.36. The van der Waals surface area contributed by atoms with E-state index in [4.69, 9.17) is 4.74 Å². The molecule has 0 radical (unpaired) electrons. The van der Waals surface area contributed by atoms with Gasteiger partial charge >= 0.3 is 17.9 Å². The Labute approximate surface area is 368 Å². The summed E-state index contributed by atoms with van der Waals surface area (Å²) in [7, 11) is 1.36. The molecule has 22 heteroatoms. The Bertz CT molecular complexity index is 2000. The van der Waals surface area contributed by atoms with Crippen LogP contribution in [0.25, 0.3) is 0 Å². The number of hydrogen-bond acceptors (Lipinski definition) is 12. The fraction of sp³-hybridized carbons (Fsp3) is 0.476. The highest BCUT2D eigenvalue weighted by molar-refractivity contribution is 5.98. The monoisotopic (exact) mass is 899 g/mol. The van der Waals surface area contributed by atoms with E-state index in [-0.39, 0.29) is 25.2 Å². The second-order valence-corrected chi connectivity index (χ2v) is 15.3. The van der Waals surface area contributed by atoms with Crippen molar-refractivity contribution in [3.63, 3.8) is 0 Å². The molecule has 0 heterocycles. The lowest BCUT2D eigenvalue weighted by Crippen LogP contribution is -2.61. The van der Waals surface area contributed by atoms with E-state index in [2.05, 4.69) is 37.2 Å². The summed E-state index contributed by atoms with van der Waals surface area (Å²) in [5.41, 5.74) is 1.07. The van der Waals surface area contributed by atoms with E-state index in [1.807, 2.05) is 0 Å². The molecule has 8 atom stereocenters. The Morgan fingerprint density at radius 2 is 1.03 bits per heavy atom. The number of nitrogens with one attached hydrogen (secondary N) is 7. The molecule has 0 fully saturated rings. The minimum Gasteiger partial charge on any atom is -0.496 e. The topological polar surface area (TPSA) is 345 Å². The number of aliphatic hydroxyl groups is 1. The first-order chi connectivity index (χ1) is 30.0. The van der Waals surface area contributed by atoms with Gasteiger partial charge in [0.15, 0.2) is 0 Å². The number of hydrogen-bond donors (Lipinski definition) is 11. The molecule has 11 N–H and O–H groups in total. The summed E-state index contributed by atoms with van der Waals surface area (Å²) >= 11 is 0. The fourth-order valence-electron chi connectivity index (χ4n) is 6.21. The average molecular weight is 900 g/mol. The predicted molar refractivity (Wildman–Crippen MR) is 225 cm³/mol. The molecule has 0 aromatic heterocycles. The molecular formula is C42H57N7O15. The van der Waals surface area contributed by atoms with Crippen molar-refractivity contribution in [1.29, 1.82) is 0 Å². The van der Waals surface area contributed by atoms with Crippen molar-refractivity contribution in [3.8, 4) is 5.75 Å². The highest BCUT2D eigenvalue weighted by Crippen LogP contribution is 2.19. The van der Waals surface area contributed by atoms with Crippen LogP contribution in [-0.2, 0) is 60.8 Å². The minimum absolute atomic E-state index is 0.0308. The highest BCUT2D eigenvalue weighted by atomic mass is 16.5. The second kappa shape index (κ2) is 25.7. The molecule has 2 rings (SSSR count). The van der Waals surface area contributed by atoms with Crippen LogP contribution in [0.15, 0.2) is 54.6 Å². The molecule has 0 aliphatic heterocycles. The van der Waals surface area contributed by atoms with Gasteiger partial charge in [-0.2, -0.15) is 0 Å². The number of aliphatic carboxylic acids is 3. The number of carbonyl (C=O) groups is 10. The van der Waals surface area contributed by atoms with Crippen molar-refractivity contribution in [1.82, 2.24) is 37.2 Å². The van der Waals surface area contributed by atoms with Gasteiger partial charge in [-0.3, -0.25) is 43.2 Å². The van der Waals surface area contributed by atoms with E-state index in [9.17, 15) is 68.4 Å². The summed E-state index contributed by atoms with van der Waals surface area (Å²) in [6, 6.07) is 3.78. The number of methoxy groups -OCH3 is 1. The molecule has 2 aromatic rings. The molecule has 2 aromatic carbocycles. The van der Waals surface area contributed by atoms with Gasteiger partial charge in [0, 0.05) is 19.8 Å². The van der Waals surface area contributed by atoms with Crippen LogP contribution in [0.2, 0.25) is 0 Å². The Hall–Kier alpha value is -7.10. The van der Waals surface area contributed by atoms with Crippen molar-refractivity contribution in [2.45, 2.75) is 115 Å². The van der Waals surface area contributed by atoms with Crippen molar-refractivity contribution >= 4 is 59.3 Å². The lowest BCUT2D eigenvalue weighted by Gasteiger charge is -2.28. The lowest BCUT2D eigenvalue weighted by molar-refractivity contribution is -0.143. The van der Waals surface area contributed by atoms with Gasteiger partial charge in [-0.05, 0) is 43.4 Å². The van der Waals surface area contributed by atoms with Crippen molar-refractivity contribution in [2.75, 3.05) is 7.11 Å². The average Bonchev–Trinajstić information content (AvgIpc) is 3.20. The fourth-order valence-corrected chi connectivity index (χ4v) is 6.21. The van der Waals surface area contributed by atoms with Gasteiger partial charge in [-0.25, -0.2) is 4.79 Å². The molecule has 22 nitrogen and oxygen atoms in total. The Kier molecular flexibility index (Phi) is 21.3. The summed E-state index contributed by atoms with van der Waals surface area (Å²) in [4.78, 5) is 128. The second-order valence-electron chi connectivity index (χ2n) is 15.3. The van der Waals surface area contributed by atoms with Gasteiger partial charge < -0.3 is 62.4 Å². The number of amides is 7. The molecule has 0 aliphatic rings. The molecule has 0 unspecified atom stereocenters. The molecule has 350 valence electrons. The number of carbonyl (C=O) groups excluding carboxylic acids is 7. The zero-order valence-electron chi connectivity index (χ0n) is 36.2. The lowest BCUT2D eigenvalue weighted by atomic mass is 10.0. The number of rotatable bonds is 26. The smallest absolute Gasteiger partial charge is 0.326 e. The van der Waals surface area contributed by atoms with Crippen LogP contribution in [0.1, 0.15) is 65.0 Å². The molecule has 0 bridgehead atoms. The van der Waals surface area contributed by atoms with Crippen LogP contribution >= 0.6 is 0 Å². The SMILES string of the molecule is COc1ccccc1C[C@H](NC(=O)[C@H](CC(=O)O)NC(=O)[C@H](C)NC(=O)[C@H](CC(=O)O)NC(=O)[C@H](CC(C)C)NC(=O)[C@@H](NC(=O)[C@H](Cc1ccccc1)NC(C)=O)[C@H](C)O)C(=O)O. The Morgan fingerprint density at radius 3 is 1.55 bits per heavy atom. The number of carboxylic acids is 3. The first-order valence-electron chi connectivity index (χ1n) is 20.1. The summed E-state index contributed by atoms with van der Waals surface area (Å²) in [6.45, 7) is 6.86. The summed E-state index contributed by atoms with van der Waals surface area (Å²) in [6.07, 6.45) is -3.91. The van der Waals surface area contributed by atoms with E-state index in [1.54, 1.807) is 68.4 Å². The van der Waals surface area contributed by atoms with E-state index in [0.29, 0.717) is 16.9 Å². The molecule has 0 spiro atoms. The van der Waals surface area contributed by atoms with Gasteiger partial charge in [0.1, 0.15) is 48.0 Å². The van der Waals surface area contributed by atoms with E-state index < -0.39 is 120 Å². The first kappa shape index (κ1) is 53.0. The summed E-state index contributed by atoms with van der Waals surface area (Å²) in [5.74, 6) is -11.6. The van der Waals surface area contributed by atoms with Crippen molar-refractivity contribution in [3.05, 3.63) is 65.7 Å². The summed E-state index contributed by atoms with van der Waals surface area (Å²) < 4.78 is 5.22. The predicted octanol–water partition coefficient (Wildman–Crippen LogP) is -1.63. The zero-order valence-corrected chi connectivity index (χ0v) is 36.2. The first-order valence-corrected chi connectivity index (χ1v) is 20.1. The van der Waals surface area contributed by atoms with Crippen LogP contribution in [-0.4, -0.2) is 135 Å². The molecule has 0 saturated carbocycles. The number of para-hydroxylation sites is 1. The quantitative estimate of drug-likeness (QED) is 0.0505. The third-order valence-corrected chi connectivity index (χ3v) is 9.39. The standard InChI is InChI=1S/C42H57N7O15/c1-21(2)16-27(47-41(61)35(23(4)50)49-40(60)28(44-24(5)51)17-25-12-8-7-9-13-25)38(58)46-29(19-33(52)53)37(57)43-22(3)36(56)45-30(20-34(54)55)39(59)48-31(42(62)63)18-26-14-10-11-15-32(26)64-6/h7-15,21-23,27-31,35,50H,16-20H2,1-6H3,(H,43,57)(H,44,51)(H,45,56)(H,46,58)(H,47,61)(H,48,59)(H,49,60)(H,52,53)(H,54,55)(H,62,63)/t22-,23-,27-,28-,29-,30-,31-,35-/m0/s1. The molecular weight excluding hydrogens is 842 g/mol. The van der Waals surface area contributed by atoms with Crippen LogP contribution < -0.4 is 42.0 Å².